The van der Waals surface area contributed by atoms with Crippen LogP contribution in [0.4, 0.5) is 0 Å². The van der Waals surface area contributed by atoms with Crippen LogP contribution in [0.1, 0.15) is 104 Å². The molecule has 0 aliphatic carbocycles. The molecule has 0 spiro atoms. The first-order valence-electron chi connectivity index (χ1n) is 10.0. The van der Waals surface area contributed by atoms with E-state index >= 15 is 0 Å². The Labute approximate surface area is 150 Å². The molecule has 0 heterocycles. The first-order chi connectivity index (χ1) is 11.5. The summed E-state index contributed by atoms with van der Waals surface area (Å²) >= 11 is 0. The number of carbonyl (C=O) groups is 1. The van der Waals surface area contributed by atoms with Crippen LogP contribution in [0.3, 0.4) is 0 Å². The molecule has 0 aromatic rings. The van der Waals surface area contributed by atoms with Gasteiger partial charge in [-0.2, -0.15) is 0 Å². The summed E-state index contributed by atoms with van der Waals surface area (Å²) < 4.78 is 0. The molecule has 0 saturated heterocycles. The summed E-state index contributed by atoms with van der Waals surface area (Å²) in [5.74, 6) is -0.705. The van der Waals surface area contributed by atoms with Gasteiger partial charge in [-0.1, -0.05) is 96.4 Å². The smallest absolute Gasteiger partial charge is 0.303 e. The third-order valence-electron chi connectivity index (χ3n) is 4.33. The van der Waals surface area contributed by atoms with E-state index in [1.165, 1.54) is 64.2 Å². The van der Waals surface area contributed by atoms with E-state index in [1.54, 1.807) is 0 Å². The fourth-order valence-electron chi connectivity index (χ4n) is 2.77. The predicted octanol–water partition coefficient (Wildman–Crippen LogP) is 7.30. The molecule has 0 fully saturated rings. The average Bonchev–Trinajstić information content (AvgIpc) is 2.52. The number of rotatable bonds is 16. The van der Waals surface area contributed by atoms with Crippen LogP contribution in [-0.4, -0.2) is 11.1 Å². The van der Waals surface area contributed by atoms with Crippen molar-refractivity contribution in [1.82, 2.24) is 0 Å². The Hall–Kier alpha value is -1.05. The molecule has 0 aromatic heterocycles. The van der Waals surface area contributed by atoms with Crippen LogP contribution in [0, 0.1) is 5.41 Å². The molecule has 0 radical (unpaired) electrons. The van der Waals surface area contributed by atoms with Gasteiger partial charge >= 0.3 is 5.97 Å². The molecule has 1 N–H and O–H groups in total. The molecule has 0 rings (SSSR count). The van der Waals surface area contributed by atoms with Crippen molar-refractivity contribution in [3.63, 3.8) is 0 Å². The Morgan fingerprint density at radius 2 is 1.25 bits per heavy atom. The van der Waals surface area contributed by atoms with Crippen molar-refractivity contribution in [2.45, 2.75) is 104 Å². The Morgan fingerprint density at radius 1 is 0.792 bits per heavy atom. The number of carboxylic acids is 1. The highest BCUT2D eigenvalue weighted by Crippen LogP contribution is 2.20. The first-order valence-corrected chi connectivity index (χ1v) is 10.0. The minimum atomic E-state index is -0.705. The molecule has 0 amide bonds. The quantitative estimate of drug-likeness (QED) is 0.237. The van der Waals surface area contributed by atoms with E-state index in [1.807, 2.05) is 0 Å². The van der Waals surface area contributed by atoms with Gasteiger partial charge in [0.05, 0.1) is 0 Å². The maximum Gasteiger partial charge on any atom is 0.303 e. The second-order valence-electron chi connectivity index (χ2n) is 7.53. The maximum absolute atomic E-state index is 10.5. The first kappa shape index (κ1) is 22.9. The normalized spacial score (nSPS) is 12.5. The zero-order valence-corrected chi connectivity index (χ0v) is 16.4. The van der Waals surface area contributed by atoms with Gasteiger partial charge in [-0.3, -0.25) is 4.79 Å². The van der Waals surface area contributed by atoms with Crippen LogP contribution in [0.25, 0.3) is 0 Å². The van der Waals surface area contributed by atoms with Gasteiger partial charge in [0.25, 0.3) is 0 Å². The summed E-state index contributed by atoms with van der Waals surface area (Å²) in [6.45, 7) is 6.67. The fraction of sp³-hybridized carbons (Fsp3) is 0.773. The van der Waals surface area contributed by atoms with Crippen LogP contribution in [0.15, 0.2) is 24.3 Å². The SMILES string of the molecule is CCCCCCCCCCC/C=C\C(C)(C)/C=C\CCCC(=O)O. The van der Waals surface area contributed by atoms with Crippen molar-refractivity contribution in [2.24, 2.45) is 5.41 Å². The summed E-state index contributed by atoms with van der Waals surface area (Å²) in [6.07, 6.45) is 24.3. The van der Waals surface area contributed by atoms with Crippen molar-refractivity contribution in [3.8, 4) is 0 Å². The van der Waals surface area contributed by atoms with Gasteiger partial charge < -0.3 is 5.11 Å². The topological polar surface area (TPSA) is 37.3 Å². The highest BCUT2D eigenvalue weighted by Gasteiger charge is 2.07. The lowest BCUT2D eigenvalue weighted by atomic mass is 9.91. The maximum atomic E-state index is 10.5. The molecule has 0 aromatic carbocycles. The van der Waals surface area contributed by atoms with E-state index in [0.29, 0.717) is 0 Å². The zero-order valence-electron chi connectivity index (χ0n) is 16.4. The molecule has 24 heavy (non-hydrogen) atoms. The number of carboxylic acid groups (broad SMARTS) is 1. The van der Waals surface area contributed by atoms with Gasteiger partial charge in [-0.05, 0) is 25.7 Å². The van der Waals surface area contributed by atoms with E-state index in [-0.39, 0.29) is 11.8 Å². The van der Waals surface area contributed by atoms with E-state index in [0.717, 1.165) is 12.8 Å². The Morgan fingerprint density at radius 3 is 1.75 bits per heavy atom. The molecule has 0 atom stereocenters. The van der Waals surface area contributed by atoms with Crippen molar-refractivity contribution >= 4 is 5.97 Å². The number of unbranched alkanes of at least 4 members (excludes halogenated alkanes) is 10. The summed E-state index contributed by atoms with van der Waals surface area (Å²) in [6, 6.07) is 0. The summed E-state index contributed by atoms with van der Waals surface area (Å²) in [5, 5.41) is 8.61. The molecule has 0 saturated carbocycles. The second-order valence-corrected chi connectivity index (χ2v) is 7.53. The van der Waals surface area contributed by atoms with Gasteiger partial charge in [0.2, 0.25) is 0 Å². The van der Waals surface area contributed by atoms with Crippen molar-refractivity contribution in [3.05, 3.63) is 24.3 Å². The van der Waals surface area contributed by atoms with Crippen molar-refractivity contribution < 1.29 is 9.90 Å². The molecule has 0 aliphatic heterocycles. The number of allylic oxidation sites excluding steroid dienone is 4. The predicted molar refractivity (Wildman–Crippen MR) is 105 cm³/mol. The molecule has 2 heteroatoms. The van der Waals surface area contributed by atoms with Gasteiger partial charge in [-0.25, -0.2) is 0 Å². The van der Waals surface area contributed by atoms with E-state index in [2.05, 4.69) is 45.1 Å². The molecule has 0 aliphatic rings. The largest absolute Gasteiger partial charge is 0.481 e. The summed E-state index contributed by atoms with van der Waals surface area (Å²) in [5.41, 5.74) is 0.0719. The fourth-order valence-corrected chi connectivity index (χ4v) is 2.77. The van der Waals surface area contributed by atoms with E-state index < -0.39 is 5.97 Å². The van der Waals surface area contributed by atoms with Gasteiger partial charge in [0.1, 0.15) is 0 Å². The lowest BCUT2D eigenvalue weighted by molar-refractivity contribution is -0.137. The minimum Gasteiger partial charge on any atom is -0.481 e. The van der Waals surface area contributed by atoms with E-state index in [9.17, 15) is 4.79 Å². The summed E-state index contributed by atoms with van der Waals surface area (Å²) in [7, 11) is 0. The molecule has 2 nitrogen and oxygen atoms in total. The average molecular weight is 337 g/mol. The Balaban J connectivity index is 3.59. The zero-order chi connectivity index (χ0) is 18.1. The highest BCUT2D eigenvalue weighted by molar-refractivity contribution is 5.66. The second kappa shape index (κ2) is 15.5. The lowest BCUT2D eigenvalue weighted by Gasteiger charge is -2.14. The number of hydrogen-bond donors (Lipinski definition) is 1. The van der Waals surface area contributed by atoms with Crippen molar-refractivity contribution in [1.29, 1.82) is 0 Å². The minimum absolute atomic E-state index is 0.0719. The van der Waals surface area contributed by atoms with Gasteiger partial charge in [-0.15, -0.1) is 0 Å². The van der Waals surface area contributed by atoms with Crippen LogP contribution >= 0.6 is 0 Å². The molecule has 140 valence electrons. The molecular formula is C22H40O2. The Kier molecular flexibility index (Phi) is 14.8. The standard InChI is InChI=1S/C22H40O2/c1-4-5-6-7-8-9-10-11-12-13-16-19-22(2,3)20-17-14-15-18-21(23)24/h16-17,19-20H,4-15,18H2,1-3H3,(H,23,24)/b19-16-,20-17-. The van der Waals surface area contributed by atoms with E-state index in [4.69, 9.17) is 5.11 Å². The van der Waals surface area contributed by atoms with Crippen LogP contribution in [0.2, 0.25) is 0 Å². The third kappa shape index (κ3) is 17.3. The summed E-state index contributed by atoms with van der Waals surface area (Å²) in [4.78, 5) is 10.5. The number of hydrogen-bond acceptors (Lipinski definition) is 1. The van der Waals surface area contributed by atoms with Gasteiger partial charge in [0, 0.05) is 11.8 Å². The van der Waals surface area contributed by atoms with Crippen LogP contribution < -0.4 is 0 Å². The Bertz CT molecular complexity index is 353. The van der Waals surface area contributed by atoms with Crippen molar-refractivity contribution in [2.75, 3.05) is 0 Å². The third-order valence-corrected chi connectivity index (χ3v) is 4.33. The highest BCUT2D eigenvalue weighted by atomic mass is 16.4. The lowest BCUT2D eigenvalue weighted by Crippen LogP contribution is -2.02. The van der Waals surface area contributed by atoms with Crippen LogP contribution in [0.5, 0.6) is 0 Å². The molecular weight excluding hydrogens is 296 g/mol. The molecule has 0 bridgehead atoms. The van der Waals surface area contributed by atoms with Gasteiger partial charge in [0.15, 0.2) is 0 Å². The number of aliphatic carboxylic acids is 1. The van der Waals surface area contributed by atoms with Crippen LogP contribution in [-0.2, 0) is 4.79 Å². The molecule has 0 unspecified atom stereocenters. The monoisotopic (exact) mass is 336 g/mol.